The molecular weight excluding hydrogens is 487 g/mol. The van der Waals surface area contributed by atoms with Crippen molar-refractivity contribution in [2.24, 2.45) is 0 Å². The summed E-state index contributed by atoms with van der Waals surface area (Å²) in [5.41, 5.74) is -3.35. The fourth-order valence-corrected chi connectivity index (χ4v) is 5.16. The third-order valence-electron chi connectivity index (χ3n) is 5.37. The van der Waals surface area contributed by atoms with Crippen molar-refractivity contribution in [2.75, 3.05) is 24.8 Å². The predicted octanol–water partition coefficient (Wildman–Crippen LogP) is 5.39. The van der Waals surface area contributed by atoms with Gasteiger partial charge in [0.05, 0.1) is 5.69 Å². The average Bonchev–Trinajstić information content (AvgIpc) is 3.04. The molecular formula is C24H27F4N2O4P. The van der Waals surface area contributed by atoms with E-state index in [1.54, 1.807) is 26.8 Å². The lowest BCUT2D eigenvalue weighted by atomic mass is 9.99. The molecule has 0 bridgehead atoms. The van der Waals surface area contributed by atoms with Gasteiger partial charge in [-0.25, -0.2) is 9.18 Å². The number of alkyl carbamates (subject to hydrolysis) is 1. The van der Waals surface area contributed by atoms with Gasteiger partial charge in [0.25, 0.3) is 0 Å². The third-order valence-corrected chi connectivity index (χ3v) is 6.92. The molecule has 1 unspecified atom stereocenters. The van der Waals surface area contributed by atoms with Crippen LogP contribution in [0, 0.1) is 5.82 Å². The van der Waals surface area contributed by atoms with Crippen LogP contribution in [0.25, 0.3) is 11.1 Å². The summed E-state index contributed by atoms with van der Waals surface area (Å²) >= 11 is 0. The van der Waals surface area contributed by atoms with Gasteiger partial charge in [-0.05, 0) is 58.2 Å². The van der Waals surface area contributed by atoms with E-state index in [-0.39, 0.29) is 29.4 Å². The maximum absolute atomic E-state index is 15.5. The second-order valence-electron chi connectivity index (χ2n) is 9.66. The number of nitrogens with zero attached hydrogens (tertiary/aromatic N) is 1. The molecule has 2 aromatic rings. The summed E-state index contributed by atoms with van der Waals surface area (Å²) in [6, 6.07) is 7.07. The molecule has 0 aromatic heterocycles. The normalized spacial score (nSPS) is 17.0. The van der Waals surface area contributed by atoms with Crippen LogP contribution >= 0.6 is 7.14 Å². The van der Waals surface area contributed by atoms with Gasteiger partial charge in [0, 0.05) is 17.4 Å². The quantitative estimate of drug-likeness (QED) is 0.439. The van der Waals surface area contributed by atoms with Gasteiger partial charge in [-0.1, -0.05) is 24.3 Å². The maximum Gasteiger partial charge on any atom is 0.421 e. The van der Waals surface area contributed by atoms with Gasteiger partial charge in [-0.2, -0.15) is 13.2 Å². The van der Waals surface area contributed by atoms with Crippen LogP contribution in [-0.4, -0.2) is 43.5 Å². The molecule has 1 N–H and O–H groups in total. The molecule has 35 heavy (non-hydrogen) atoms. The van der Waals surface area contributed by atoms with E-state index in [0.29, 0.717) is 0 Å². The zero-order chi connectivity index (χ0) is 26.3. The highest BCUT2D eigenvalue weighted by Gasteiger charge is 2.43. The molecule has 190 valence electrons. The molecule has 2 amide bonds. The molecule has 6 nitrogen and oxygen atoms in total. The predicted molar refractivity (Wildman–Crippen MR) is 126 cm³/mol. The first-order valence-electron chi connectivity index (χ1n) is 10.9. The Morgan fingerprint density at radius 3 is 2.29 bits per heavy atom. The fraction of sp³-hybridized carbons (Fsp3) is 0.417. The second kappa shape index (κ2) is 9.30. The summed E-state index contributed by atoms with van der Waals surface area (Å²) in [6.45, 7) is 7.63. The Morgan fingerprint density at radius 1 is 1.09 bits per heavy atom. The van der Waals surface area contributed by atoms with Gasteiger partial charge in [-0.15, -0.1) is 0 Å². The monoisotopic (exact) mass is 514 g/mol. The van der Waals surface area contributed by atoms with E-state index in [4.69, 9.17) is 4.74 Å². The lowest BCUT2D eigenvalue weighted by Crippen LogP contribution is -2.44. The minimum Gasteiger partial charge on any atom is -0.444 e. The number of anilines is 1. The van der Waals surface area contributed by atoms with Crippen molar-refractivity contribution in [1.29, 1.82) is 0 Å². The molecule has 0 saturated carbocycles. The molecule has 1 saturated heterocycles. The van der Waals surface area contributed by atoms with Crippen LogP contribution in [0.1, 0.15) is 32.8 Å². The van der Waals surface area contributed by atoms with Gasteiger partial charge in [0.15, 0.2) is 0 Å². The Labute approximate surface area is 201 Å². The van der Waals surface area contributed by atoms with Crippen molar-refractivity contribution in [2.45, 2.75) is 45.0 Å². The molecule has 3 rings (SSSR count). The largest absolute Gasteiger partial charge is 0.444 e. The van der Waals surface area contributed by atoms with Crippen LogP contribution in [0.2, 0.25) is 0 Å². The molecule has 11 heteroatoms. The molecule has 1 fully saturated rings. The summed E-state index contributed by atoms with van der Waals surface area (Å²) in [5, 5.41) is 2.61. The standard InChI is InChI=1S/C24H27F4N2O4P/c1-23(2,3)34-22(32)29-16-12-13-30(21(16)31)17-11-10-15(20(25)19(17)24(26,27)28)14-8-6-7-9-18(14)35(4,5)33/h6-11,16H,12-13H2,1-5H3,(H,29,32). The van der Waals surface area contributed by atoms with Gasteiger partial charge in [0.1, 0.15) is 30.2 Å². The highest BCUT2D eigenvalue weighted by molar-refractivity contribution is 7.70. The van der Waals surface area contributed by atoms with Gasteiger partial charge in [-0.3, -0.25) is 4.79 Å². The molecule has 0 spiro atoms. The summed E-state index contributed by atoms with van der Waals surface area (Å²) in [7, 11) is -2.94. The fourth-order valence-electron chi connectivity index (χ4n) is 3.94. The topological polar surface area (TPSA) is 75.7 Å². The molecule has 0 aliphatic carbocycles. The number of carbonyl (C=O) groups is 2. The van der Waals surface area contributed by atoms with E-state index >= 15 is 4.39 Å². The molecule has 2 aromatic carbocycles. The van der Waals surface area contributed by atoms with Crippen molar-refractivity contribution in [3.05, 3.63) is 47.8 Å². The smallest absolute Gasteiger partial charge is 0.421 e. The molecule has 1 heterocycles. The number of nitrogens with one attached hydrogen (secondary N) is 1. The summed E-state index contributed by atoms with van der Waals surface area (Å²) < 4.78 is 75.6. The van der Waals surface area contributed by atoms with Crippen LogP contribution < -0.4 is 15.5 Å². The molecule has 1 aliphatic heterocycles. The first-order valence-corrected chi connectivity index (χ1v) is 13.5. The first-order chi connectivity index (χ1) is 16.0. The van der Waals surface area contributed by atoms with Crippen molar-refractivity contribution in [1.82, 2.24) is 5.32 Å². The molecule has 1 atom stereocenters. The Morgan fingerprint density at radius 2 is 1.71 bits per heavy atom. The van der Waals surface area contributed by atoms with Crippen LogP contribution in [0.4, 0.5) is 28.0 Å². The van der Waals surface area contributed by atoms with Gasteiger partial charge >= 0.3 is 12.3 Å². The second-order valence-corrected chi connectivity index (χ2v) is 12.8. The van der Waals surface area contributed by atoms with Crippen LogP contribution in [0.5, 0.6) is 0 Å². The number of rotatable bonds is 4. The maximum atomic E-state index is 15.5. The zero-order valence-corrected chi connectivity index (χ0v) is 20.9. The number of amides is 2. The minimum absolute atomic E-state index is 0.0242. The highest BCUT2D eigenvalue weighted by Crippen LogP contribution is 2.45. The summed E-state index contributed by atoms with van der Waals surface area (Å²) in [4.78, 5) is 25.7. The SMILES string of the molecule is CC(C)(C)OC(=O)NC1CCN(c2ccc(-c3ccccc3P(C)(C)=O)c(F)c2C(F)(F)F)C1=O. The Hall–Kier alpha value is -2.87. The van der Waals surface area contributed by atoms with Gasteiger partial charge < -0.3 is 19.5 Å². The number of benzene rings is 2. The third kappa shape index (κ3) is 5.86. The van der Waals surface area contributed by atoms with E-state index in [1.165, 1.54) is 31.5 Å². The zero-order valence-electron chi connectivity index (χ0n) is 20.0. The number of ether oxygens (including phenoxy) is 1. The van der Waals surface area contributed by atoms with Crippen LogP contribution in [0.3, 0.4) is 0 Å². The number of halogens is 4. The summed E-state index contributed by atoms with van der Waals surface area (Å²) in [6.07, 6.45) is -5.98. The minimum atomic E-state index is -5.12. The van der Waals surface area contributed by atoms with E-state index in [1.807, 2.05) is 0 Å². The van der Waals surface area contributed by atoms with E-state index in [0.717, 1.165) is 17.0 Å². The van der Waals surface area contributed by atoms with E-state index in [2.05, 4.69) is 5.32 Å². The molecule has 1 aliphatic rings. The average molecular weight is 514 g/mol. The highest BCUT2D eigenvalue weighted by atomic mass is 31.2. The number of alkyl halides is 3. The Balaban J connectivity index is 2.03. The molecule has 0 radical (unpaired) electrons. The Bertz CT molecular complexity index is 1200. The van der Waals surface area contributed by atoms with E-state index < -0.39 is 54.0 Å². The first kappa shape index (κ1) is 26.7. The van der Waals surface area contributed by atoms with Crippen molar-refractivity contribution < 1.29 is 36.5 Å². The van der Waals surface area contributed by atoms with Crippen molar-refractivity contribution in [3.63, 3.8) is 0 Å². The van der Waals surface area contributed by atoms with Crippen molar-refractivity contribution in [3.8, 4) is 11.1 Å². The summed E-state index contributed by atoms with van der Waals surface area (Å²) in [5.74, 6) is -2.37. The van der Waals surface area contributed by atoms with E-state index in [9.17, 15) is 27.3 Å². The van der Waals surface area contributed by atoms with Crippen LogP contribution in [-0.2, 0) is 20.3 Å². The lowest BCUT2D eigenvalue weighted by Gasteiger charge is -2.24. The number of hydrogen-bond donors (Lipinski definition) is 1. The number of carbonyl (C=O) groups excluding carboxylic acids is 2. The van der Waals surface area contributed by atoms with Crippen molar-refractivity contribution >= 4 is 30.1 Å². The number of hydrogen-bond acceptors (Lipinski definition) is 4. The van der Waals surface area contributed by atoms with Gasteiger partial charge in [0.2, 0.25) is 5.91 Å². The lowest BCUT2D eigenvalue weighted by molar-refractivity contribution is -0.139. The Kier molecular flexibility index (Phi) is 7.10. The van der Waals surface area contributed by atoms with Crippen LogP contribution in [0.15, 0.2) is 36.4 Å².